The molecule has 0 atom stereocenters. The standard InChI is InChI=1S/C18H22N2O2S/c21-23(22,15-16-8-3-1-4-9-16)19-17-10-7-11-18(14-17)20-12-5-2-6-13-20/h1,3-4,7-11,14,19H,2,5-6,12-13,15H2. The van der Waals surface area contributed by atoms with Gasteiger partial charge in [-0.3, -0.25) is 4.72 Å². The third-order valence-corrected chi connectivity index (χ3v) is 5.30. The van der Waals surface area contributed by atoms with E-state index in [1.165, 1.54) is 19.3 Å². The maximum absolute atomic E-state index is 12.3. The van der Waals surface area contributed by atoms with Gasteiger partial charge in [-0.05, 0) is 43.0 Å². The van der Waals surface area contributed by atoms with Gasteiger partial charge in [-0.15, -0.1) is 0 Å². The molecular formula is C18H22N2O2S. The first kappa shape index (κ1) is 15.9. The van der Waals surface area contributed by atoms with Crippen molar-refractivity contribution in [2.45, 2.75) is 25.0 Å². The van der Waals surface area contributed by atoms with Gasteiger partial charge in [0.15, 0.2) is 0 Å². The number of piperidine rings is 1. The molecular weight excluding hydrogens is 308 g/mol. The van der Waals surface area contributed by atoms with E-state index in [9.17, 15) is 8.42 Å². The summed E-state index contributed by atoms with van der Waals surface area (Å²) in [7, 11) is -3.40. The average Bonchev–Trinajstić information content (AvgIpc) is 2.56. The normalized spacial score (nSPS) is 15.4. The Morgan fingerprint density at radius 3 is 2.39 bits per heavy atom. The van der Waals surface area contributed by atoms with Crippen LogP contribution in [0.5, 0.6) is 0 Å². The van der Waals surface area contributed by atoms with Crippen LogP contribution in [0.1, 0.15) is 24.8 Å². The van der Waals surface area contributed by atoms with Gasteiger partial charge in [0.25, 0.3) is 0 Å². The minimum atomic E-state index is -3.40. The van der Waals surface area contributed by atoms with Crippen molar-refractivity contribution in [3.8, 4) is 0 Å². The van der Waals surface area contributed by atoms with E-state index in [-0.39, 0.29) is 5.75 Å². The summed E-state index contributed by atoms with van der Waals surface area (Å²) in [6, 6.07) is 16.9. The molecule has 23 heavy (non-hydrogen) atoms. The highest BCUT2D eigenvalue weighted by molar-refractivity contribution is 7.91. The summed E-state index contributed by atoms with van der Waals surface area (Å²) in [6.45, 7) is 2.08. The Morgan fingerprint density at radius 1 is 0.913 bits per heavy atom. The lowest BCUT2D eigenvalue weighted by Crippen LogP contribution is -2.29. The number of hydrogen-bond acceptors (Lipinski definition) is 3. The van der Waals surface area contributed by atoms with Crippen molar-refractivity contribution in [1.82, 2.24) is 0 Å². The van der Waals surface area contributed by atoms with Crippen LogP contribution in [0.3, 0.4) is 0 Å². The Kier molecular flexibility index (Phi) is 4.86. The monoisotopic (exact) mass is 330 g/mol. The van der Waals surface area contributed by atoms with Crippen molar-refractivity contribution in [1.29, 1.82) is 0 Å². The number of rotatable bonds is 5. The highest BCUT2D eigenvalue weighted by atomic mass is 32.2. The van der Waals surface area contributed by atoms with Crippen LogP contribution < -0.4 is 9.62 Å². The fourth-order valence-electron chi connectivity index (χ4n) is 2.93. The molecule has 122 valence electrons. The first-order valence-electron chi connectivity index (χ1n) is 8.02. The number of sulfonamides is 1. The molecule has 0 spiro atoms. The minimum Gasteiger partial charge on any atom is -0.371 e. The molecule has 0 unspecified atom stereocenters. The van der Waals surface area contributed by atoms with E-state index in [1.807, 2.05) is 48.5 Å². The van der Waals surface area contributed by atoms with Crippen molar-refractivity contribution in [2.75, 3.05) is 22.7 Å². The lowest BCUT2D eigenvalue weighted by atomic mass is 10.1. The zero-order chi connectivity index (χ0) is 16.1. The summed E-state index contributed by atoms with van der Waals surface area (Å²) >= 11 is 0. The predicted molar refractivity (Wildman–Crippen MR) is 95.2 cm³/mol. The maximum Gasteiger partial charge on any atom is 0.236 e. The van der Waals surface area contributed by atoms with Gasteiger partial charge < -0.3 is 4.90 Å². The molecule has 0 bridgehead atoms. The average molecular weight is 330 g/mol. The van der Waals surface area contributed by atoms with Crippen LogP contribution in [-0.2, 0) is 15.8 Å². The molecule has 5 heteroatoms. The summed E-state index contributed by atoms with van der Waals surface area (Å²) in [5.74, 6) is -0.0121. The van der Waals surface area contributed by atoms with Gasteiger partial charge in [0, 0.05) is 18.8 Å². The van der Waals surface area contributed by atoms with Gasteiger partial charge in [-0.25, -0.2) is 8.42 Å². The molecule has 1 saturated heterocycles. The summed E-state index contributed by atoms with van der Waals surface area (Å²) < 4.78 is 27.4. The SMILES string of the molecule is O=S(=O)(Cc1ccccc1)Nc1cccc(N2CCCCC2)c1. The molecule has 1 heterocycles. The van der Waals surface area contributed by atoms with Crippen LogP contribution in [0.2, 0.25) is 0 Å². The zero-order valence-corrected chi connectivity index (χ0v) is 13.9. The second-order valence-corrected chi connectivity index (χ2v) is 7.67. The Hall–Kier alpha value is -2.01. The molecule has 0 aromatic heterocycles. The van der Waals surface area contributed by atoms with E-state index in [4.69, 9.17) is 0 Å². The first-order valence-corrected chi connectivity index (χ1v) is 9.67. The summed E-state index contributed by atoms with van der Waals surface area (Å²) in [5.41, 5.74) is 2.50. The molecule has 1 fully saturated rings. The Balaban J connectivity index is 1.72. The molecule has 4 nitrogen and oxygen atoms in total. The van der Waals surface area contributed by atoms with Crippen molar-refractivity contribution in [3.05, 3.63) is 60.2 Å². The number of nitrogens with zero attached hydrogens (tertiary/aromatic N) is 1. The zero-order valence-electron chi connectivity index (χ0n) is 13.1. The summed E-state index contributed by atoms with van der Waals surface area (Å²) in [4.78, 5) is 2.32. The Bertz CT molecular complexity index is 739. The predicted octanol–water partition coefficient (Wildman–Crippen LogP) is 3.62. The van der Waals surface area contributed by atoms with E-state index < -0.39 is 10.0 Å². The highest BCUT2D eigenvalue weighted by Gasteiger charge is 2.14. The number of nitrogens with one attached hydrogen (secondary N) is 1. The molecule has 1 N–H and O–H groups in total. The lowest BCUT2D eigenvalue weighted by molar-refractivity contribution is 0.578. The lowest BCUT2D eigenvalue weighted by Gasteiger charge is -2.29. The molecule has 0 saturated carbocycles. The van der Waals surface area contributed by atoms with Crippen LogP contribution in [0.4, 0.5) is 11.4 Å². The third-order valence-electron chi connectivity index (χ3n) is 4.04. The van der Waals surface area contributed by atoms with Crippen LogP contribution in [-0.4, -0.2) is 21.5 Å². The minimum absolute atomic E-state index is 0.0121. The van der Waals surface area contributed by atoms with Crippen molar-refractivity contribution >= 4 is 21.4 Å². The summed E-state index contributed by atoms with van der Waals surface area (Å²) in [6.07, 6.45) is 3.67. The third kappa shape index (κ3) is 4.48. The van der Waals surface area contributed by atoms with Gasteiger partial charge in [0.2, 0.25) is 10.0 Å². The molecule has 0 amide bonds. The molecule has 2 aromatic rings. The van der Waals surface area contributed by atoms with Gasteiger partial charge >= 0.3 is 0 Å². The fourth-order valence-corrected chi connectivity index (χ4v) is 4.12. The van der Waals surface area contributed by atoms with Crippen LogP contribution in [0.15, 0.2) is 54.6 Å². The molecule has 0 aliphatic carbocycles. The van der Waals surface area contributed by atoms with E-state index in [1.54, 1.807) is 6.07 Å². The van der Waals surface area contributed by atoms with E-state index in [2.05, 4.69) is 9.62 Å². The fraction of sp³-hybridized carbons (Fsp3) is 0.333. The van der Waals surface area contributed by atoms with Gasteiger partial charge in [0.05, 0.1) is 11.4 Å². The number of benzene rings is 2. The van der Waals surface area contributed by atoms with Crippen molar-refractivity contribution < 1.29 is 8.42 Å². The van der Waals surface area contributed by atoms with Crippen molar-refractivity contribution in [2.24, 2.45) is 0 Å². The van der Waals surface area contributed by atoms with Gasteiger partial charge in [-0.1, -0.05) is 36.4 Å². The molecule has 1 aliphatic heterocycles. The molecule has 0 radical (unpaired) electrons. The van der Waals surface area contributed by atoms with Gasteiger partial charge in [0.1, 0.15) is 0 Å². The van der Waals surface area contributed by atoms with Crippen LogP contribution >= 0.6 is 0 Å². The molecule has 2 aromatic carbocycles. The molecule has 3 rings (SSSR count). The summed E-state index contributed by atoms with van der Waals surface area (Å²) in [5, 5.41) is 0. The van der Waals surface area contributed by atoms with E-state index >= 15 is 0 Å². The molecule has 1 aliphatic rings. The number of anilines is 2. The topological polar surface area (TPSA) is 49.4 Å². The quantitative estimate of drug-likeness (QED) is 0.911. The van der Waals surface area contributed by atoms with E-state index in [0.717, 1.165) is 24.3 Å². The second-order valence-electron chi connectivity index (χ2n) is 5.94. The van der Waals surface area contributed by atoms with E-state index in [0.29, 0.717) is 5.69 Å². The Morgan fingerprint density at radius 2 is 1.65 bits per heavy atom. The van der Waals surface area contributed by atoms with Crippen molar-refractivity contribution in [3.63, 3.8) is 0 Å². The van der Waals surface area contributed by atoms with Crippen LogP contribution in [0, 0.1) is 0 Å². The maximum atomic E-state index is 12.3. The smallest absolute Gasteiger partial charge is 0.236 e. The highest BCUT2D eigenvalue weighted by Crippen LogP contribution is 2.24. The Labute approximate surface area is 138 Å². The first-order chi connectivity index (χ1) is 11.1. The largest absolute Gasteiger partial charge is 0.371 e. The number of hydrogen-bond donors (Lipinski definition) is 1. The van der Waals surface area contributed by atoms with Crippen LogP contribution in [0.25, 0.3) is 0 Å². The van der Waals surface area contributed by atoms with Gasteiger partial charge in [-0.2, -0.15) is 0 Å². The second kappa shape index (κ2) is 7.04.